The Balaban J connectivity index is 1.62. The summed E-state index contributed by atoms with van der Waals surface area (Å²) >= 11 is 5.49. The van der Waals surface area contributed by atoms with E-state index in [2.05, 4.69) is 52.8 Å². The van der Waals surface area contributed by atoms with E-state index >= 15 is 0 Å². The van der Waals surface area contributed by atoms with Crippen LogP contribution in [0.15, 0.2) is 30.6 Å². The summed E-state index contributed by atoms with van der Waals surface area (Å²) in [5.41, 5.74) is 2.70. The van der Waals surface area contributed by atoms with Crippen LogP contribution in [0.2, 0.25) is 0 Å². The molecule has 1 saturated carbocycles. The number of nitrogens with zero attached hydrogens (tertiary/aromatic N) is 4. The van der Waals surface area contributed by atoms with E-state index in [1.807, 2.05) is 11.0 Å². The SMILES string of the molecule is CCc1ccc(CN(C)Cn2ncn(C3CC3)c2=S)cc1. The molecule has 0 amide bonds. The van der Waals surface area contributed by atoms with Crippen molar-refractivity contribution in [2.45, 2.75) is 45.4 Å². The highest BCUT2D eigenvalue weighted by Gasteiger charge is 2.25. The average Bonchev–Trinajstić information content (AvgIpc) is 3.26. The van der Waals surface area contributed by atoms with Crippen molar-refractivity contribution >= 4 is 12.2 Å². The lowest BCUT2D eigenvalue weighted by Gasteiger charge is -2.16. The van der Waals surface area contributed by atoms with Crippen LogP contribution in [-0.4, -0.2) is 26.3 Å². The number of hydrogen-bond donors (Lipinski definition) is 0. The fraction of sp³-hybridized carbons (Fsp3) is 0.500. The van der Waals surface area contributed by atoms with Gasteiger partial charge in [0, 0.05) is 12.6 Å². The first-order chi connectivity index (χ1) is 10.2. The van der Waals surface area contributed by atoms with E-state index in [-0.39, 0.29) is 0 Å². The van der Waals surface area contributed by atoms with Crippen LogP contribution in [0.1, 0.15) is 36.9 Å². The number of benzene rings is 1. The summed E-state index contributed by atoms with van der Waals surface area (Å²) in [4.78, 5) is 2.24. The molecule has 1 aromatic carbocycles. The largest absolute Gasteiger partial charge is 0.303 e. The predicted octanol–water partition coefficient (Wildman–Crippen LogP) is 3.40. The van der Waals surface area contributed by atoms with Crippen LogP contribution in [0.4, 0.5) is 0 Å². The molecule has 21 heavy (non-hydrogen) atoms. The Labute approximate surface area is 131 Å². The van der Waals surface area contributed by atoms with Crippen molar-refractivity contribution in [3.8, 4) is 0 Å². The van der Waals surface area contributed by atoms with E-state index in [4.69, 9.17) is 12.2 Å². The van der Waals surface area contributed by atoms with Crippen LogP contribution in [0, 0.1) is 4.77 Å². The summed E-state index contributed by atoms with van der Waals surface area (Å²) in [5, 5.41) is 4.42. The minimum atomic E-state index is 0.596. The second-order valence-corrected chi connectivity index (χ2v) is 6.24. The van der Waals surface area contributed by atoms with Gasteiger partial charge in [-0.25, -0.2) is 4.68 Å². The van der Waals surface area contributed by atoms with Gasteiger partial charge >= 0.3 is 0 Å². The second kappa shape index (κ2) is 6.12. The smallest absolute Gasteiger partial charge is 0.199 e. The molecule has 1 heterocycles. The van der Waals surface area contributed by atoms with Gasteiger partial charge in [-0.3, -0.25) is 4.90 Å². The van der Waals surface area contributed by atoms with Gasteiger partial charge in [-0.2, -0.15) is 5.10 Å². The van der Waals surface area contributed by atoms with Crippen molar-refractivity contribution in [1.29, 1.82) is 0 Å². The third kappa shape index (κ3) is 3.41. The minimum absolute atomic E-state index is 0.596. The Bertz CT molecular complexity index is 652. The number of aryl methyl sites for hydroxylation is 1. The predicted molar refractivity (Wildman–Crippen MR) is 86.6 cm³/mol. The third-order valence-corrected chi connectivity index (χ3v) is 4.38. The first kappa shape index (κ1) is 14.5. The average molecular weight is 302 g/mol. The van der Waals surface area contributed by atoms with Crippen LogP contribution in [0.25, 0.3) is 0 Å². The van der Waals surface area contributed by atoms with E-state index < -0.39 is 0 Å². The van der Waals surface area contributed by atoms with Gasteiger partial charge in [-0.1, -0.05) is 31.2 Å². The van der Waals surface area contributed by atoms with E-state index in [1.165, 1.54) is 24.0 Å². The standard InChI is InChI=1S/C16H22N4S/c1-3-13-4-6-14(7-5-13)10-18(2)12-20-16(21)19(11-17-20)15-8-9-15/h4-7,11,15H,3,8-10,12H2,1-2H3. The summed E-state index contributed by atoms with van der Waals surface area (Å²) in [5.74, 6) is 0. The molecule has 0 atom stereocenters. The summed E-state index contributed by atoms with van der Waals surface area (Å²) < 4.78 is 4.87. The monoisotopic (exact) mass is 302 g/mol. The highest BCUT2D eigenvalue weighted by molar-refractivity contribution is 7.71. The molecular formula is C16H22N4S. The fourth-order valence-electron chi connectivity index (χ4n) is 2.52. The topological polar surface area (TPSA) is 26.0 Å². The molecule has 0 unspecified atom stereocenters. The summed E-state index contributed by atoms with van der Waals surface area (Å²) in [6, 6.07) is 9.42. The molecule has 1 aliphatic rings. The van der Waals surface area contributed by atoms with E-state index in [9.17, 15) is 0 Å². The van der Waals surface area contributed by atoms with E-state index in [1.54, 1.807) is 0 Å². The Morgan fingerprint density at radius 2 is 1.90 bits per heavy atom. The van der Waals surface area contributed by atoms with Gasteiger partial charge in [0.05, 0.1) is 6.67 Å². The first-order valence-corrected chi connectivity index (χ1v) is 7.98. The van der Waals surface area contributed by atoms with Crippen molar-refractivity contribution in [2.24, 2.45) is 0 Å². The molecule has 1 aromatic heterocycles. The molecule has 2 aromatic rings. The molecule has 0 saturated heterocycles. The van der Waals surface area contributed by atoms with Gasteiger partial charge in [-0.05, 0) is 49.7 Å². The van der Waals surface area contributed by atoms with Crippen molar-refractivity contribution < 1.29 is 0 Å². The van der Waals surface area contributed by atoms with E-state index in [0.29, 0.717) is 6.04 Å². The zero-order valence-corrected chi connectivity index (χ0v) is 13.5. The highest BCUT2D eigenvalue weighted by atomic mass is 32.1. The quantitative estimate of drug-likeness (QED) is 0.765. The molecule has 0 radical (unpaired) electrons. The molecule has 5 heteroatoms. The molecule has 0 aliphatic heterocycles. The second-order valence-electron chi connectivity index (χ2n) is 5.88. The van der Waals surface area contributed by atoms with Crippen LogP contribution in [-0.2, 0) is 19.6 Å². The molecule has 1 fully saturated rings. The molecular weight excluding hydrogens is 280 g/mol. The third-order valence-electron chi connectivity index (χ3n) is 3.96. The first-order valence-electron chi connectivity index (χ1n) is 7.57. The lowest BCUT2D eigenvalue weighted by Crippen LogP contribution is -2.22. The maximum Gasteiger partial charge on any atom is 0.199 e. The number of aromatic nitrogens is 3. The molecule has 0 N–H and O–H groups in total. The molecule has 0 spiro atoms. The molecule has 112 valence electrons. The zero-order valence-electron chi connectivity index (χ0n) is 12.7. The molecule has 3 rings (SSSR count). The molecule has 4 nitrogen and oxygen atoms in total. The number of rotatable bonds is 6. The van der Waals surface area contributed by atoms with Gasteiger partial charge in [0.1, 0.15) is 6.33 Å². The Morgan fingerprint density at radius 1 is 1.24 bits per heavy atom. The lowest BCUT2D eigenvalue weighted by atomic mass is 10.1. The van der Waals surface area contributed by atoms with Crippen molar-refractivity contribution in [2.75, 3.05) is 7.05 Å². The van der Waals surface area contributed by atoms with Crippen molar-refractivity contribution in [1.82, 2.24) is 19.2 Å². The molecule has 1 aliphatic carbocycles. The lowest BCUT2D eigenvalue weighted by molar-refractivity contribution is 0.243. The van der Waals surface area contributed by atoms with Gasteiger partial charge in [0.15, 0.2) is 4.77 Å². The maximum atomic E-state index is 5.49. The van der Waals surface area contributed by atoms with E-state index in [0.717, 1.165) is 24.4 Å². The fourth-order valence-corrected chi connectivity index (χ4v) is 2.82. The van der Waals surface area contributed by atoms with Gasteiger partial charge in [-0.15, -0.1) is 0 Å². The molecule has 0 bridgehead atoms. The Hall–Kier alpha value is -1.46. The van der Waals surface area contributed by atoms with Gasteiger partial charge < -0.3 is 4.57 Å². The zero-order chi connectivity index (χ0) is 14.8. The van der Waals surface area contributed by atoms with Gasteiger partial charge in [0.25, 0.3) is 0 Å². The van der Waals surface area contributed by atoms with Crippen LogP contribution >= 0.6 is 12.2 Å². The minimum Gasteiger partial charge on any atom is -0.303 e. The Morgan fingerprint density at radius 3 is 2.52 bits per heavy atom. The summed E-state index contributed by atoms with van der Waals surface area (Å²) in [7, 11) is 2.10. The van der Waals surface area contributed by atoms with Crippen molar-refractivity contribution in [3.05, 3.63) is 46.5 Å². The van der Waals surface area contributed by atoms with Gasteiger partial charge in [0.2, 0.25) is 0 Å². The van der Waals surface area contributed by atoms with Crippen molar-refractivity contribution in [3.63, 3.8) is 0 Å². The summed E-state index contributed by atoms with van der Waals surface area (Å²) in [6.07, 6.45) is 5.44. The van der Waals surface area contributed by atoms with Crippen LogP contribution in [0.3, 0.4) is 0 Å². The number of hydrogen-bond acceptors (Lipinski definition) is 3. The highest BCUT2D eigenvalue weighted by Crippen LogP contribution is 2.34. The maximum absolute atomic E-state index is 5.49. The van der Waals surface area contributed by atoms with Crippen LogP contribution < -0.4 is 0 Å². The normalized spacial score (nSPS) is 14.8. The Kier molecular flexibility index (Phi) is 4.22. The van der Waals surface area contributed by atoms with Crippen LogP contribution in [0.5, 0.6) is 0 Å². The summed E-state index contributed by atoms with van der Waals surface area (Å²) in [6.45, 7) is 3.81.